The Labute approximate surface area is 182 Å². The summed E-state index contributed by atoms with van der Waals surface area (Å²) in [4.78, 5) is 17.1. The van der Waals surface area contributed by atoms with Crippen molar-refractivity contribution >= 4 is 11.8 Å². The van der Waals surface area contributed by atoms with Gasteiger partial charge in [-0.25, -0.2) is 4.79 Å². The summed E-state index contributed by atoms with van der Waals surface area (Å²) in [5, 5.41) is 14.2. The molecule has 0 radical (unpaired) electrons. The van der Waals surface area contributed by atoms with E-state index < -0.39 is 5.54 Å². The number of pyridine rings is 1. The highest BCUT2D eigenvalue weighted by Crippen LogP contribution is 2.34. The van der Waals surface area contributed by atoms with Crippen molar-refractivity contribution in [2.75, 3.05) is 32.1 Å². The molecule has 2 aromatic heterocycles. The van der Waals surface area contributed by atoms with Gasteiger partial charge in [0.15, 0.2) is 0 Å². The molecule has 0 saturated carbocycles. The Morgan fingerprint density at radius 1 is 1.26 bits per heavy atom. The number of methoxy groups -OCH3 is 1. The quantitative estimate of drug-likeness (QED) is 0.547. The van der Waals surface area contributed by atoms with Gasteiger partial charge in [-0.05, 0) is 24.1 Å². The van der Waals surface area contributed by atoms with Gasteiger partial charge in [-0.3, -0.25) is 15.0 Å². The summed E-state index contributed by atoms with van der Waals surface area (Å²) in [6.07, 6.45) is 4.15. The third kappa shape index (κ3) is 4.60. The molecule has 0 unspecified atom stereocenters. The molecule has 1 aromatic carbocycles. The number of benzene rings is 1. The molecule has 3 heterocycles. The summed E-state index contributed by atoms with van der Waals surface area (Å²) in [7, 11) is 3.49. The number of aromatic nitrogens is 3. The van der Waals surface area contributed by atoms with Crippen LogP contribution >= 0.6 is 0 Å². The number of rotatable bonds is 7. The summed E-state index contributed by atoms with van der Waals surface area (Å²) in [5.74, 6) is 0.766. The van der Waals surface area contributed by atoms with Gasteiger partial charge in [0.05, 0.1) is 11.2 Å². The van der Waals surface area contributed by atoms with Gasteiger partial charge in [0.1, 0.15) is 5.82 Å². The number of amides is 2. The fraction of sp³-hybridized carbons (Fsp3) is 0.348. The van der Waals surface area contributed by atoms with Crippen LogP contribution in [0.4, 0.5) is 10.6 Å². The normalized spacial score (nSPS) is 20.5. The lowest BCUT2D eigenvalue weighted by molar-refractivity contribution is 0.155. The molecular weight excluding hydrogens is 392 g/mol. The Hall–Kier alpha value is -3.23. The fourth-order valence-electron chi connectivity index (χ4n) is 4.24. The molecule has 1 saturated heterocycles. The van der Waals surface area contributed by atoms with Crippen LogP contribution < -0.4 is 16.0 Å². The maximum atomic E-state index is 13.1. The minimum absolute atomic E-state index is 0.147. The van der Waals surface area contributed by atoms with Crippen LogP contribution in [0.2, 0.25) is 0 Å². The number of nitrogens with zero attached hydrogens (tertiary/aromatic N) is 3. The molecule has 3 N–H and O–H groups in total. The summed E-state index contributed by atoms with van der Waals surface area (Å²) in [6.45, 7) is 2.03. The molecule has 0 aliphatic carbocycles. The number of hydrogen-bond donors (Lipinski definition) is 3. The number of carbonyl (C=O) groups is 1. The van der Waals surface area contributed by atoms with Crippen LogP contribution in [0.25, 0.3) is 11.3 Å². The minimum Gasteiger partial charge on any atom is -0.385 e. The Balaban J connectivity index is 1.53. The lowest BCUT2D eigenvalue weighted by Crippen LogP contribution is -2.55. The van der Waals surface area contributed by atoms with Crippen LogP contribution in [-0.2, 0) is 11.8 Å². The van der Waals surface area contributed by atoms with E-state index in [1.807, 2.05) is 43.4 Å². The minimum atomic E-state index is -0.450. The molecule has 2 atom stereocenters. The Kier molecular flexibility index (Phi) is 6.29. The Bertz CT molecular complexity index is 1010. The standard InChI is InChI=1S/C23H28N6O2/c1-29-21(14-20(28-29)18-8-11-24-12-9-18)26-22(30)27-23(10-13-31-2)16-25-15-19(23)17-6-4-3-5-7-17/h3-9,11-12,14,19,25H,10,13,15-16H2,1-2H3,(H2,26,27,30)/t19-,23+/m0/s1. The van der Waals surface area contributed by atoms with Crippen LogP contribution in [0.15, 0.2) is 60.9 Å². The van der Waals surface area contributed by atoms with Crippen molar-refractivity contribution in [3.63, 3.8) is 0 Å². The van der Waals surface area contributed by atoms with Crippen molar-refractivity contribution < 1.29 is 9.53 Å². The number of hydrogen-bond acceptors (Lipinski definition) is 5. The first kappa shape index (κ1) is 21.0. The van der Waals surface area contributed by atoms with Gasteiger partial charge in [-0.2, -0.15) is 5.10 Å². The third-order valence-electron chi connectivity index (χ3n) is 5.87. The van der Waals surface area contributed by atoms with Gasteiger partial charge in [0.25, 0.3) is 0 Å². The summed E-state index contributed by atoms with van der Waals surface area (Å²) >= 11 is 0. The zero-order chi connectivity index (χ0) is 21.7. The third-order valence-corrected chi connectivity index (χ3v) is 5.87. The molecule has 162 valence electrons. The van der Waals surface area contributed by atoms with Crippen molar-refractivity contribution in [2.45, 2.75) is 17.9 Å². The van der Waals surface area contributed by atoms with Gasteiger partial charge in [-0.15, -0.1) is 0 Å². The van der Waals surface area contributed by atoms with E-state index in [0.717, 1.165) is 17.8 Å². The van der Waals surface area contributed by atoms with Crippen LogP contribution in [0.1, 0.15) is 17.9 Å². The highest BCUT2D eigenvalue weighted by atomic mass is 16.5. The SMILES string of the molecule is COCC[C@@]1(NC(=O)Nc2cc(-c3ccncc3)nn2C)CNC[C@H]1c1ccccc1. The Morgan fingerprint density at radius 2 is 2.03 bits per heavy atom. The molecule has 3 aromatic rings. The first-order valence-corrected chi connectivity index (χ1v) is 10.4. The molecular formula is C23H28N6O2. The predicted octanol–water partition coefficient (Wildman–Crippen LogP) is 2.77. The maximum Gasteiger partial charge on any atom is 0.320 e. The molecule has 2 amide bonds. The smallest absolute Gasteiger partial charge is 0.320 e. The molecule has 1 fully saturated rings. The van der Waals surface area contributed by atoms with Crippen LogP contribution in [0.5, 0.6) is 0 Å². The van der Waals surface area contributed by atoms with E-state index in [2.05, 4.69) is 38.2 Å². The zero-order valence-corrected chi connectivity index (χ0v) is 17.8. The number of aryl methyl sites for hydroxylation is 1. The summed E-state index contributed by atoms with van der Waals surface area (Å²) in [6, 6.07) is 15.7. The lowest BCUT2D eigenvalue weighted by Gasteiger charge is -2.36. The van der Waals surface area contributed by atoms with Crippen molar-refractivity contribution in [1.29, 1.82) is 0 Å². The van der Waals surface area contributed by atoms with Crippen LogP contribution in [0.3, 0.4) is 0 Å². The van der Waals surface area contributed by atoms with Crippen molar-refractivity contribution in [1.82, 2.24) is 25.4 Å². The first-order chi connectivity index (χ1) is 15.1. The summed E-state index contributed by atoms with van der Waals surface area (Å²) in [5.41, 5.74) is 2.47. The average molecular weight is 421 g/mol. The number of nitrogens with one attached hydrogen (secondary N) is 3. The highest BCUT2D eigenvalue weighted by Gasteiger charge is 2.44. The van der Waals surface area contributed by atoms with E-state index in [0.29, 0.717) is 25.4 Å². The van der Waals surface area contributed by atoms with Gasteiger partial charge in [-0.1, -0.05) is 30.3 Å². The molecule has 31 heavy (non-hydrogen) atoms. The largest absolute Gasteiger partial charge is 0.385 e. The maximum absolute atomic E-state index is 13.1. The van der Waals surface area contributed by atoms with Gasteiger partial charge >= 0.3 is 6.03 Å². The number of carbonyl (C=O) groups excluding carboxylic acids is 1. The van der Waals surface area contributed by atoms with Crippen LogP contribution in [-0.4, -0.2) is 53.1 Å². The summed E-state index contributed by atoms with van der Waals surface area (Å²) < 4.78 is 7.03. The molecule has 8 heteroatoms. The molecule has 4 rings (SSSR count). The topological polar surface area (TPSA) is 93.1 Å². The average Bonchev–Trinajstić information content (AvgIpc) is 3.37. The zero-order valence-electron chi connectivity index (χ0n) is 17.8. The molecule has 0 bridgehead atoms. The van der Waals surface area contributed by atoms with Crippen LogP contribution in [0, 0.1) is 0 Å². The second-order valence-corrected chi connectivity index (χ2v) is 7.85. The Morgan fingerprint density at radius 3 is 2.77 bits per heavy atom. The van der Waals surface area contributed by atoms with Crippen molar-refractivity contribution in [3.05, 3.63) is 66.5 Å². The van der Waals surface area contributed by atoms with Crippen molar-refractivity contribution in [2.24, 2.45) is 7.05 Å². The van der Waals surface area contributed by atoms with Gasteiger partial charge in [0, 0.05) is 63.8 Å². The second kappa shape index (κ2) is 9.28. The number of anilines is 1. The molecule has 1 aliphatic rings. The molecule has 0 spiro atoms. The number of urea groups is 1. The van der Waals surface area contributed by atoms with Gasteiger partial charge in [0.2, 0.25) is 0 Å². The second-order valence-electron chi connectivity index (χ2n) is 7.85. The van der Waals surface area contributed by atoms with E-state index in [1.165, 1.54) is 5.56 Å². The fourth-order valence-corrected chi connectivity index (χ4v) is 4.24. The van der Waals surface area contributed by atoms with Gasteiger partial charge < -0.3 is 15.4 Å². The predicted molar refractivity (Wildman–Crippen MR) is 120 cm³/mol. The van der Waals surface area contributed by atoms with E-state index in [9.17, 15) is 4.79 Å². The monoisotopic (exact) mass is 420 g/mol. The first-order valence-electron chi connectivity index (χ1n) is 10.4. The number of ether oxygens (including phenoxy) is 1. The van der Waals surface area contributed by atoms with E-state index in [4.69, 9.17) is 4.74 Å². The molecule has 8 nitrogen and oxygen atoms in total. The van der Waals surface area contributed by atoms with E-state index in [1.54, 1.807) is 24.2 Å². The van der Waals surface area contributed by atoms with E-state index >= 15 is 0 Å². The highest BCUT2D eigenvalue weighted by molar-refractivity contribution is 5.89. The molecule has 1 aliphatic heterocycles. The van der Waals surface area contributed by atoms with E-state index in [-0.39, 0.29) is 11.9 Å². The lowest BCUT2D eigenvalue weighted by atomic mass is 9.79. The van der Waals surface area contributed by atoms with Crippen molar-refractivity contribution in [3.8, 4) is 11.3 Å².